The van der Waals surface area contributed by atoms with Crippen LogP contribution in [0.15, 0.2) is 49.2 Å². The van der Waals surface area contributed by atoms with Crippen molar-refractivity contribution in [1.82, 2.24) is 14.4 Å². The average Bonchev–Trinajstić information content (AvgIpc) is 2.85. The first-order valence-electron chi connectivity index (χ1n) is 5.65. The van der Waals surface area contributed by atoms with Gasteiger partial charge in [-0.05, 0) is 30.3 Å². The molecule has 0 unspecified atom stereocenters. The van der Waals surface area contributed by atoms with Crippen LogP contribution in [0, 0.1) is 0 Å². The third-order valence-corrected chi connectivity index (χ3v) is 2.69. The number of aromatic nitrogens is 3. The summed E-state index contributed by atoms with van der Waals surface area (Å²) in [6.45, 7) is 0. The van der Waals surface area contributed by atoms with Crippen molar-refractivity contribution >= 4 is 5.52 Å². The van der Waals surface area contributed by atoms with Gasteiger partial charge in [0.05, 0.1) is 17.4 Å². The molecule has 0 spiro atoms. The second-order valence-corrected chi connectivity index (χ2v) is 4.07. The van der Waals surface area contributed by atoms with E-state index in [1.807, 2.05) is 0 Å². The van der Waals surface area contributed by atoms with Gasteiger partial charge in [0.15, 0.2) is 0 Å². The smallest absolute Gasteiger partial charge is 0.406 e. The summed E-state index contributed by atoms with van der Waals surface area (Å²) < 4.78 is 41.7. The molecule has 0 aliphatic heterocycles. The Morgan fingerprint density at radius 2 is 1.76 bits per heavy atom. The van der Waals surface area contributed by atoms with Crippen molar-refractivity contribution in [2.45, 2.75) is 13.8 Å². The fraction of sp³-hybridized carbons (Fsp3) is 0.143. The van der Waals surface area contributed by atoms with Gasteiger partial charge in [0.1, 0.15) is 18.4 Å². The normalized spacial score (nSPS) is 11.2. The number of nitrogens with zero attached hydrogens (tertiary/aromatic N) is 3. The fourth-order valence-corrected chi connectivity index (χ4v) is 1.81. The van der Waals surface area contributed by atoms with Crippen LogP contribution in [-0.4, -0.2) is 20.7 Å². The second kappa shape index (κ2) is 5.43. The van der Waals surface area contributed by atoms with Crippen LogP contribution in [0.3, 0.4) is 0 Å². The molecule has 0 saturated heterocycles. The zero-order chi connectivity index (χ0) is 14.2. The van der Waals surface area contributed by atoms with Gasteiger partial charge < -0.3 is 4.74 Å². The Morgan fingerprint density at radius 3 is 2.43 bits per heavy atom. The van der Waals surface area contributed by atoms with E-state index in [0.717, 1.165) is 5.52 Å². The number of rotatable bonds is 2. The monoisotopic (exact) mass is 295 g/mol. The number of imidazole rings is 1. The van der Waals surface area contributed by atoms with Gasteiger partial charge in [-0.1, -0.05) is 7.43 Å². The maximum atomic E-state index is 12.1. The Labute approximate surface area is 118 Å². The van der Waals surface area contributed by atoms with Crippen molar-refractivity contribution < 1.29 is 17.9 Å². The van der Waals surface area contributed by atoms with Crippen LogP contribution in [0.2, 0.25) is 0 Å². The van der Waals surface area contributed by atoms with Gasteiger partial charge in [-0.3, -0.25) is 4.40 Å². The minimum Gasteiger partial charge on any atom is -0.406 e. The maximum absolute atomic E-state index is 12.1. The molecule has 21 heavy (non-hydrogen) atoms. The van der Waals surface area contributed by atoms with Crippen molar-refractivity contribution in [2.24, 2.45) is 0 Å². The molecule has 0 aliphatic rings. The van der Waals surface area contributed by atoms with E-state index in [-0.39, 0.29) is 13.2 Å². The summed E-state index contributed by atoms with van der Waals surface area (Å²) in [4.78, 5) is 8.18. The highest BCUT2D eigenvalue weighted by molar-refractivity contribution is 5.65. The first kappa shape index (κ1) is 14.8. The third-order valence-electron chi connectivity index (χ3n) is 2.69. The van der Waals surface area contributed by atoms with Gasteiger partial charge in [-0.2, -0.15) is 0 Å². The number of halogens is 3. The van der Waals surface area contributed by atoms with Crippen molar-refractivity contribution in [3.8, 4) is 17.0 Å². The molecular formula is C14H12F3N3O. The Bertz CT molecular complexity index is 735. The maximum Gasteiger partial charge on any atom is 0.573 e. The van der Waals surface area contributed by atoms with E-state index >= 15 is 0 Å². The molecule has 0 radical (unpaired) electrons. The molecule has 4 nitrogen and oxygen atoms in total. The van der Waals surface area contributed by atoms with E-state index in [1.54, 1.807) is 29.3 Å². The van der Waals surface area contributed by atoms with Crippen molar-refractivity contribution in [3.63, 3.8) is 0 Å². The Hall–Kier alpha value is -2.57. The van der Waals surface area contributed by atoms with Gasteiger partial charge >= 0.3 is 6.36 Å². The molecule has 7 heteroatoms. The summed E-state index contributed by atoms with van der Waals surface area (Å²) >= 11 is 0. The van der Waals surface area contributed by atoms with Crippen molar-refractivity contribution in [1.29, 1.82) is 0 Å². The quantitative estimate of drug-likeness (QED) is 0.719. The molecule has 0 amide bonds. The van der Waals surface area contributed by atoms with E-state index < -0.39 is 6.36 Å². The Morgan fingerprint density at radius 1 is 1.05 bits per heavy atom. The summed E-state index contributed by atoms with van der Waals surface area (Å²) in [6.07, 6.45) is 0.201. The van der Waals surface area contributed by atoms with Gasteiger partial charge in [-0.15, -0.1) is 13.2 Å². The Balaban J connectivity index is 0.00000161. The lowest BCUT2D eigenvalue weighted by molar-refractivity contribution is -0.274. The molecule has 0 saturated carbocycles. The largest absolute Gasteiger partial charge is 0.573 e. The predicted molar refractivity (Wildman–Crippen MR) is 71.8 cm³/mol. The number of hydrogen-bond acceptors (Lipinski definition) is 3. The molecule has 0 aliphatic carbocycles. The SMILES string of the molecule is C.FC(F)(F)Oc1ccc(-c2cc3cncn3cn2)cc1. The molecule has 2 aromatic heterocycles. The summed E-state index contributed by atoms with van der Waals surface area (Å²) in [5.41, 5.74) is 2.20. The molecule has 1 aromatic carbocycles. The third kappa shape index (κ3) is 3.31. The van der Waals surface area contributed by atoms with E-state index in [1.165, 1.54) is 24.3 Å². The molecule has 0 fully saturated rings. The fourth-order valence-electron chi connectivity index (χ4n) is 1.81. The second-order valence-electron chi connectivity index (χ2n) is 4.07. The number of benzene rings is 1. The number of hydrogen-bond donors (Lipinski definition) is 0. The summed E-state index contributed by atoms with van der Waals surface area (Å²) in [6, 6.07) is 7.36. The first-order chi connectivity index (χ1) is 9.51. The molecule has 0 bridgehead atoms. The Kier molecular flexibility index (Phi) is 3.84. The van der Waals surface area contributed by atoms with Crippen molar-refractivity contribution in [3.05, 3.63) is 49.2 Å². The molecule has 0 N–H and O–H groups in total. The number of ether oxygens (including phenoxy) is 1. The first-order valence-corrected chi connectivity index (χ1v) is 5.65. The standard InChI is InChI=1S/C13H8F3N3O.CH4/c14-13(15,16)20-11-3-1-9(2-4-11)12-5-10-6-17-7-19(10)8-18-12;/h1-8H;1H4. The minimum absolute atomic E-state index is 0. The van der Waals surface area contributed by atoms with Crippen LogP contribution < -0.4 is 4.74 Å². The van der Waals surface area contributed by atoms with Gasteiger partial charge in [0.2, 0.25) is 0 Å². The predicted octanol–water partition coefficient (Wildman–Crippen LogP) is 3.93. The average molecular weight is 295 g/mol. The zero-order valence-corrected chi connectivity index (χ0v) is 10.0. The van der Waals surface area contributed by atoms with Crippen LogP contribution in [0.4, 0.5) is 13.2 Å². The highest BCUT2D eigenvalue weighted by Crippen LogP contribution is 2.26. The van der Waals surface area contributed by atoms with E-state index in [9.17, 15) is 13.2 Å². The van der Waals surface area contributed by atoms with Crippen molar-refractivity contribution in [2.75, 3.05) is 0 Å². The van der Waals surface area contributed by atoms with Crippen LogP contribution >= 0.6 is 0 Å². The zero-order valence-electron chi connectivity index (χ0n) is 10.0. The minimum atomic E-state index is -4.68. The summed E-state index contributed by atoms with van der Waals surface area (Å²) in [5.74, 6) is -0.258. The topological polar surface area (TPSA) is 39.4 Å². The molecule has 2 heterocycles. The number of fused-ring (bicyclic) bond motifs is 1. The highest BCUT2D eigenvalue weighted by Gasteiger charge is 2.30. The van der Waals surface area contributed by atoms with Gasteiger partial charge in [-0.25, -0.2) is 9.97 Å². The molecule has 110 valence electrons. The highest BCUT2D eigenvalue weighted by atomic mass is 19.4. The van der Waals surface area contributed by atoms with Crippen LogP contribution in [0.5, 0.6) is 5.75 Å². The van der Waals surface area contributed by atoms with Gasteiger partial charge in [0.25, 0.3) is 0 Å². The summed E-state index contributed by atoms with van der Waals surface area (Å²) in [7, 11) is 0. The molecule has 0 atom stereocenters. The van der Waals surface area contributed by atoms with E-state index in [2.05, 4.69) is 14.7 Å². The molecule has 3 rings (SSSR count). The van der Waals surface area contributed by atoms with Crippen LogP contribution in [0.25, 0.3) is 16.8 Å². The lowest BCUT2D eigenvalue weighted by Gasteiger charge is -2.09. The van der Waals surface area contributed by atoms with E-state index in [0.29, 0.717) is 11.3 Å². The number of alkyl halides is 3. The molecule has 3 aromatic rings. The lowest BCUT2D eigenvalue weighted by atomic mass is 10.1. The van der Waals surface area contributed by atoms with E-state index in [4.69, 9.17) is 0 Å². The summed E-state index contributed by atoms with van der Waals surface area (Å²) in [5, 5.41) is 0. The molecular weight excluding hydrogens is 283 g/mol. The van der Waals surface area contributed by atoms with Crippen LogP contribution in [-0.2, 0) is 0 Å². The van der Waals surface area contributed by atoms with Gasteiger partial charge in [0, 0.05) is 5.56 Å². The van der Waals surface area contributed by atoms with Crippen LogP contribution in [0.1, 0.15) is 7.43 Å². The lowest BCUT2D eigenvalue weighted by Crippen LogP contribution is -2.16.